The average molecular weight is 448 g/mol. The van der Waals surface area contributed by atoms with Crippen molar-refractivity contribution in [3.63, 3.8) is 0 Å². The van der Waals surface area contributed by atoms with Crippen LogP contribution in [-0.4, -0.2) is 52.2 Å². The minimum Gasteiger partial charge on any atom is -0.497 e. The number of aromatic nitrogens is 1. The highest BCUT2D eigenvalue weighted by molar-refractivity contribution is 6.11. The quantitative estimate of drug-likeness (QED) is 0.634. The monoisotopic (exact) mass is 447 g/mol. The Morgan fingerprint density at radius 1 is 1.09 bits per heavy atom. The predicted molar refractivity (Wildman–Crippen MR) is 121 cm³/mol. The Labute approximate surface area is 193 Å². The van der Waals surface area contributed by atoms with E-state index in [0.29, 0.717) is 17.9 Å². The molecule has 1 aromatic carbocycles. The Hall–Kier alpha value is -3.22. The van der Waals surface area contributed by atoms with Gasteiger partial charge in [0.05, 0.1) is 24.3 Å². The Morgan fingerprint density at radius 2 is 1.88 bits per heavy atom. The van der Waals surface area contributed by atoms with Gasteiger partial charge in [-0.25, -0.2) is 0 Å². The first-order valence-corrected chi connectivity index (χ1v) is 11.7. The lowest BCUT2D eigenvalue weighted by molar-refractivity contribution is -0.144. The summed E-state index contributed by atoms with van der Waals surface area (Å²) in [5.41, 5.74) is 0.400. The van der Waals surface area contributed by atoms with E-state index < -0.39 is 5.41 Å². The first-order valence-electron chi connectivity index (χ1n) is 11.7. The Kier molecular flexibility index (Phi) is 5.64. The first-order chi connectivity index (χ1) is 16.0. The van der Waals surface area contributed by atoms with Gasteiger partial charge in [-0.05, 0) is 61.9 Å². The van der Waals surface area contributed by atoms with Gasteiger partial charge in [-0.2, -0.15) is 0 Å². The summed E-state index contributed by atoms with van der Waals surface area (Å²) >= 11 is 0. The molecule has 3 amide bonds. The van der Waals surface area contributed by atoms with Gasteiger partial charge in [0.15, 0.2) is 0 Å². The van der Waals surface area contributed by atoms with E-state index in [1.165, 1.54) is 4.90 Å². The third kappa shape index (κ3) is 3.90. The number of benzene rings is 1. The number of likely N-dealkylation sites (tertiary alicyclic amines) is 2. The van der Waals surface area contributed by atoms with Crippen LogP contribution in [0, 0.1) is 0 Å². The van der Waals surface area contributed by atoms with Crippen LogP contribution >= 0.6 is 0 Å². The van der Waals surface area contributed by atoms with Crippen molar-refractivity contribution in [2.75, 3.05) is 13.7 Å². The molecule has 0 unspecified atom stereocenters. The van der Waals surface area contributed by atoms with E-state index in [9.17, 15) is 14.4 Å². The SMILES string of the molecule is COc1ccc([C@@]2(CC(=O)N3CCCC[C@@H]3c3ccccn3)CC(=O)N(C3CC3)C2=O)cc1. The molecule has 172 valence electrons. The molecular weight excluding hydrogens is 418 g/mol. The summed E-state index contributed by atoms with van der Waals surface area (Å²) in [6.45, 7) is 0.632. The molecule has 7 heteroatoms. The molecule has 5 rings (SSSR count). The molecule has 3 heterocycles. The van der Waals surface area contributed by atoms with E-state index in [1.54, 1.807) is 25.4 Å². The first kappa shape index (κ1) is 21.6. The number of methoxy groups -OCH3 is 1. The molecule has 0 bridgehead atoms. The van der Waals surface area contributed by atoms with Gasteiger partial charge in [0, 0.05) is 31.6 Å². The zero-order chi connectivity index (χ0) is 23.0. The second-order valence-electron chi connectivity index (χ2n) is 9.32. The van der Waals surface area contributed by atoms with Crippen LogP contribution in [0.1, 0.15) is 62.2 Å². The molecule has 0 N–H and O–H groups in total. The van der Waals surface area contributed by atoms with Gasteiger partial charge in [-0.3, -0.25) is 24.3 Å². The van der Waals surface area contributed by atoms with Crippen LogP contribution in [0.3, 0.4) is 0 Å². The van der Waals surface area contributed by atoms with Crippen molar-refractivity contribution in [1.29, 1.82) is 0 Å². The highest BCUT2D eigenvalue weighted by Gasteiger charge is 2.57. The summed E-state index contributed by atoms with van der Waals surface area (Å²) in [5, 5.41) is 0. The zero-order valence-corrected chi connectivity index (χ0v) is 18.9. The molecular formula is C26H29N3O4. The number of rotatable bonds is 6. The smallest absolute Gasteiger partial charge is 0.241 e. The van der Waals surface area contributed by atoms with Crippen LogP contribution in [0.5, 0.6) is 5.75 Å². The lowest BCUT2D eigenvalue weighted by Crippen LogP contribution is -2.46. The van der Waals surface area contributed by atoms with Crippen LogP contribution in [0.25, 0.3) is 0 Å². The van der Waals surface area contributed by atoms with Crippen molar-refractivity contribution in [3.05, 3.63) is 59.9 Å². The summed E-state index contributed by atoms with van der Waals surface area (Å²) < 4.78 is 5.28. The molecule has 3 aliphatic rings. The fourth-order valence-corrected chi connectivity index (χ4v) is 5.31. The van der Waals surface area contributed by atoms with Crippen molar-refractivity contribution < 1.29 is 19.1 Å². The van der Waals surface area contributed by atoms with Gasteiger partial charge < -0.3 is 9.64 Å². The van der Waals surface area contributed by atoms with Crippen molar-refractivity contribution >= 4 is 17.7 Å². The number of nitrogens with zero attached hydrogens (tertiary/aromatic N) is 3. The minimum atomic E-state index is -1.17. The second kappa shape index (κ2) is 8.61. The Morgan fingerprint density at radius 3 is 2.55 bits per heavy atom. The minimum absolute atomic E-state index is 0.0171. The molecule has 7 nitrogen and oxygen atoms in total. The number of carbonyl (C=O) groups excluding carboxylic acids is 3. The van der Waals surface area contributed by atoms with E-state index in [0.717, 1.165) is 37.8 Å². The Balaban J connectivity index is 1.48. The fourth-order valence-electron chi connectivity index (χ4n) is 5.31. The van der Waals surface area contributed by atoms with Gasteiger partial charge in [0.1, 0.15) is 5.75 Å². The number of hydrogen-bond acceptors (Lipinski definition) is 5. The molecule has 2 atom stereocenters. The second-order valence-corrected chi connectivity index (χ2v) is 9.32. The number of imide groups is 1. The standard InChI is InChI=1S/C26H29N3O4/c1-33-20-12-8-18(9-13-20)26(17-24(31)29(25(26)32)19-10-11-19)16-23(30)28-15-5-3-7-22(28)21-6-2-4-14-27-21/h2,4,6,8-9,12-14,19,22H,3,5,7,10-11,15-17H2,1H3/t22-,26-/m1/s1. The topological polar surface area (TPSA) is 79.8 Å². The molecule has 1 saturated carbocycles. The van der Waals surface area contributed by atoms with Crippen LogP contribution in [0.15, 0.2) is 48.7 Å². The van der Waals surface area contributed by atoms with Crippen molar-refractivity contribution in [1.82, 2.24) is 14.8 Å². The third-order valence-electron chi connectivity index (χ3n) is 7.21. The van der Waals surface area contributed by atoms with Crippen molar-refractivity contribution in [2.45, 2.75) is 62.4 Å². The molecule has 0 radical (unpaired) electrons. The van der Waals surface area contributed by atoms with Crippen molar-refractivity contribution in [2.24, 2.45) is 0 Å². The maximum Gasteiger partial charge on any atom is 0.241 e. The summed E-state index contributed by atoms with van der Waals surface area (Å²) in [6.07, 6.45) is 6.25. The lowest BCUT2D eigenvalue weighted by Gasteiger charge is -2.38. The van der Waals surface area contributed by atoms with E-state index in [2.05, 4.69) is 4.98 Å². The van der Waals surface area contributed by atoms with Gasteiger partial charge in [0.25, 0.3) is 0 Å². The lowest BCUT2D eigenvalue weighted by atomic mass is 9.75. The fraction of sp³-hybridized carbons (Fsp3) is 0.462. The van der Waals surface area contributed by atoms with Gasteiger partial charge in [0.2, 0.25) is 17.7 Å². The molecule has 33 heavy (non-hydrogen) atoms. The van der Waals surface area contributed by atoms with Crippen LogP contribution in [0.4, 0.5) is 0 Å². The molecule has 2 saturated heterocycles. The van der Waals surface area contributed by atoms with Crippen molar-refractivity contribution in [3.8, 4) is 5.75 Å². The Bertz CT molecular complexity index is 1050. The molecule has 1 aliphatic carbocycles. The van der Waals surface area contributed by atoms with Gasteiger partial charge in [-0.1, -0.05) is 18.2 Å². The molecule has 2 aromatic rings. The van der Waals surface area contributed by atoms with E-state index >= 15 is 0 Å². The molecule has 2 aliphatic heterocycles. The van der Waals surface area contributed by atoms with E-state index in [4.69, 9.17) is 4.74 Å². The number of pyridine rings is 1. The zero-order valence-electron chi connectivity index (χ0n) is 18.9. The summed E-state index contributed by atoms with van der Waals surface area (Å²) in [4.78, 5) is 48.3. The normalized spacial score (nSPS) is 25.4. The average Bonchev–Trinajstić information content (AvgIpc) is 3.65. The maximum atomic E-state index is 13.8. The molecule has 3 fully saturated rings. The van der Waals surface area contributed by atoms with E-state index in [-0.39, 0.29) is 42.6 Å². The number of amides is 3. The molecule has 0 spiro atoms. The summed E-state index contributed by atoms with van der Waals surface area (Å²) in [5.74, 6) is 0.160. The number of carbonyl (C=O) groups is 3. The summed E-state index contributed by atoms with van der Waals surface area (Å²) in [7, 11) is 1.58. The van der Waals surface area contributed by atoms with Crippen LogP contribution in [-0.2, 0) is 19.8 Å². The van der Waals surface area contributed by atoms with Crippen LogP contribution in [0.2, 0.25) is 0 Å². The van der Waals surface area contributed by atoms with E-state index in [1.807, 2.05) is 35.2 Å². The largest absolute Gasteiger partial charge is 0.497 e. The number of hydrogen-bond donors (Lipinski definition) is 0. The third-order valence-corrected chi connectivity index (χ3v) is 7.21. The van der Waals surface area contributed by atoms with Gasteiger partial charge in [-0.15, -0.1) is 0 Å². The molecule has 1 aromatic heterocycles. The predicted octanol–water partition coefficient (Wildman–Crippen LogP) is 3.39. The highest BCUT2D eigenvalue weighted by Crippen LogP contribution is 2.45. The van der Waals surface area contributed by atoms with Crippen LogP contribution < -0.4 is 4.74 Å². The number of piperidine rings is 1. The summed E-state index contributed by atoms with van der Waals surface area (Å²) in [6, 6.07) is 12.9. The van der Waals surface area contributed by atoms with Gasteiger partial charge >= 0.3 is 0 Å². The highest BCUT2D eigenvalue weighted by atomic mass is 16.5. The number of ether oxygens (including phenoxy) is 1. The maximum absolute atomic E-state index is 13.8.